The zero-order valence-corrected chi connectivity index (χ0v) is 13.0. The molecule has 2 atom stereocenters. The van der Waals surface area contributed by atoms with Gasteiger partial charge in [-0.1, -0.05) is 13.0 Å². The van der Waals surface area contributed by atoms with Crippen LogP contribution in [-0.2, 0) is 0 Å². The molecular formula is C15H22BrNO. The summed E-state index contributed by atoms with van der Waals surface area (Å²) in [5.41, 5.74) is 1.34. The zero-order chi connectivity index (χ0) is 13.1. The van der Waals surface area contributed by atoms with E-state index in [2.05, 4.69) is 46.4 Å². The zero-order valence-electron chi connectivity index (χ0n) is 11.4. The monoisotopic (exact) mass is 311 g/mol. The maximum atomic E-state index is 5.56. The van der Waals surface area contributed by atoms with Gasteiger partial charge in [-0.05, 0) is 72.3 Å². The lowest BCUT2D eigenvalue weighted by molar-refractivity contribution is 0.336. The van der Waals surface area contributed by atoms with Crippen molar-refractivity contribution < 1.29 is 4.74 Å². The van der Waals surface area contributed by atoms with E-state index in [0.717, 1.165) is 16.1 Å². The first-order valence-electron chi connectivity index (χ1n) is 6.76. The molecule has 0 saturated heterocycles. The van der Waals surface area contributed by atoms with Crippen LogP contribution in [0.5, 0.6) is 5.75 Å². The lowest BCUT2D eigenvalue weighted by atomic mass is 9.91. The Morgan fingerprint density at radius 1 is 1.44 bits per heavy atom. The minimum Gasteiger partial charge on any atom is -0.493 e. The minimum absolute atomic E-state index is 0.435. The molecule has 1 aromatic rings. The van der Waals surface area contributed by atoms with E-state index in [-0.39, 0.29) is 0 Å². The smallest absolute Gasteiger partial charge is 0.133 e. The highest BCUT2D eigenvalue weighted by Crippen LogP contribution is 2.43. The third-order valence-corrected chi connectivity index (χ3v) is 4.44. The van der Waals surface area contributed by atoms with Gasteiger partial charge >= 0.3 is 0 Å². The van der Waals surface area contributed by atoms with Crippen LogP contribution < -0.4 is 10.1 Å². The molecule has 1 saturated carbocycles. The quantitative estimate of drug-likeness (QED) is 0.852. The Kier molecular flexibility index (Phi) is 4.68. The average Bonchev–Trinajstić information content (AvgIpc) is 3.17. The van der Waals surface area contributed by atoms with Gasteiger partial charge in [0.15, 0.2) is 0 Å². The summed E-state index contributed by atoms with van der Waals surface area (Å²) in [6.45, 7) is 5.06. The standard InChI is InChI=1S/C15H22BrNO/c1-4-18-14-8-7-12(9-13(14)16)15(17-3)10(2)11-5-6-11/h7-11,15,17H,4-6H2,1-3H3. The first-order valence-corrected chi connectivity index (χ1v) is 7.56. The Morgan fingerprint density at radius 2 is 2.17 bits per heavy atom. The number of hydrogen-bond acceptors (Lipinski definition) is 2. The summed E-state index contributed by atoms with van der Waals surface area (Å²) >= 11 is 3.59. The van der Waals surface area contributed by atoms with Crippen molar-refractivity contribution in [3.05, 3.63) is 28.2 Å². The van der Waals surface area contributed by atoms with Crippen LogP contribution in [0.4, 0.5) is 0 Å². The molecule has 1 fully saturated rings. The molecule has 1 N–H and O–H groups in total. The van der Waals surface area contributed by atoms with Gasteiger partial charge in [-0.3, -0.25) is 0 Å². The first kappa shape index (κ1) is 13.9. The van der Waals surface area contributed by atoms with Gasteiger partial charge in [-0.2, -0.15) is 0 Å². The number of ether oxygens (including phenoxy) is 1. The fourth-order valence-electron chi connectivity index (χ4n) is 2.61. The molecule has 1 aromatic carbocycles. The number of hydrogen-bond donors (Lipinski definition) is 1. The summed E-state index contributed by atoms with van der Waals surface area (Å²) in [6.07, 6.45) is 2.77. The maximum absolute atomic E-state index is 5.56. The van der Waals surface area contributed by atoms with E-state index in [0.29, 0.717) is 18.6 Å². The Bertz CT molecular complexity index is 403. The van der Waals surface area contributed by atoms with E-state index in [1.807, 2.05) is 14.0 Å². The molecule has 2 unspecified atom stereocenters. The third kappa shape index (κ3) is 3.07. The molecular weight excluding hydrogens is 290 g/mol. The van der Waals surface area contributed by atoms with Crippen molar-refractivity contribution in [3.8, 4) is 5.75 Å². The fraction of sp³-hybridized carbons (Fsp3) is 0.600. The summed E-state index contributed by atoms with van der Waals surface area (Å²) in [5.74, 6) is 2.52. The molecule has 1 aliphatic rings. The van der Waals surface area contributed by atoms with E-state index in [9.17, 15) is 0 Å². The van der Waals surface area contributed by atoms with E-state index in [1.54, 1.807) is 0 Å². The van der Waals surface area contributed by atoms with Crippen LogP contribution in [0.15, 0.2) is 22.7 Å². The molecule has 18 heavy (non-hydrogen) atoms. The van der Waals surface area contributed by atoms with E-state index in [4.69, 9.17) is 4.74 Å². The van der Waals surface area contributed by atoms with Gasteiger partial charge in [0.05, 0.1) is 11.1 Å². The average molecular weight is 312 g/mol. The second-order valence-electron chi connectivity index (χ2n) is 5.09. The number of rotatable bonds is 6. The molecule has 1 aliphatic carbocycles. The van der Waals surface area contributed by atoms with Crippen LogP contribution in [0, 0.1) is 11.8 Å². The number of nitrogens with one attached hydrogen (secondary N) is 1. The van der Waals surface area contributed by atoms with Gasteiger partial charge < -0.3 is 10.1 Å². The lowest BCUT2D eigenvalue weighted by Gasteiger charge is -2.24. The Balaban J connectivity index is 2.17. The summed E-state index contributed by atoms with van der Waals surface area (Å²) in [5, 5.41) is 3.46. The van der Waals surface area contributed by atoms with Gasteiger partial charge in [0, 0.05) is 6.04 Å². The topological polar surface area (TPSA) is 21.3 Å². The van der Waals surface area contributed by atoms with Crippen LogP contribution in [0.1, 0.15) is 38.3 Å². The highest BCUT2D eigenvalue weighted by atomic mass is 79.9. The van der Waals surface area contributed by atoms with Crippen LogP contribution in [0.25, 0.3) is 0 Å². The molecule has 0 aromatic heterocycles. The van der Waals surface area contributed by atoms with Gasteiger partial charge in [0.1, 0.15) is 5.75 Å². The van der Waals surface area contributed by atoms with Crippen molar-refractivity contribution in [3.63, 3.8) is 0 Å². The first-order chi connectivity index (χ1) is 8.67. The molecule has 0 radical (unpaired) electrons. The summed E-state index contributed by atoms with van der Waals surface area (Å²) in [6, 6.07) is 6.86. The molecule has 0 spiro atoms. The van der Waals surface area contributed by atoms with E-state index in [1.165, 1.54) is 18.4 Å². The maximum Gasteiger partial charge on any atom is 0.133 e. The Labute approximate surface area is 118 Å². The SMILES string of the molecule is CCOc1ccc(C(NC)C(C)C2CC2)cc1Br. The van der Waals surface area contributed by atoms with Gasteiger partial charge in [0.25, 0.3) is 0 Å². The third-order valence-electron chi connectivity index (χ3n) is 3.82. The van der Waals surface area contributed by atoms with Gasteiger partial charge in [-0.15, -0.1) is 0 Å². The molecule has 0 amide bonds. The fourth-order valence-corrected chi connectivity index (χ4v) is 3.12. The highest BCUT2D eigenvalue weighted by molar-refractivity contribution is 9.10. The van der Waals surface area contributed by atoms with Crippen LogP contribution >= 0.6 is 15.9 Å². The summed E-state index contributed by atoms with van der Waals surface area (Å²) in [4.78, 5) is 0. The van der Waals surface area contributed by atoms with Crippen molar-refractivity contribution in [1.82, 2.24) is 5.32 Å². The van der Waals surface area contributed by atoms with Crippen LogP contribution in [-0.4, -0.2) is 13.7 Å². The predicted molar refractivity (Wildman–Crippen MR) is 79.0 cm³/mol. The van der Waals surface area contributed by atoms with Gasteiger partial charge in [-0.25, -0.2) is 0 Å². The Morgan fingerprint density at radius 3 is 2.67 bits per heavy atom. The minimum atomic E-state index is 0.435. The van der Waals surface area contributed by atoms with Crippen molar-refractivity contribution in [2.45, 2.75) is 32.7 Å². The lowest BCUT2D eigenvalue weighted by Crippen LogP contribution is -2.24. The largest absolute Gasteiger partial charge is 0.493 e. The highest BCUT2D eigenvalue weighted by Gasteiger charge is 2.33. The Hall–Kier alpha value is -0.540. The van der Waals surface area contributed by atoms with Crippen LogP contribution in [0.3, 0.4) is 0 Å². The van der Waals surface area contributed by atoms with Crippen molar-refractivity contribution >= 4 is 15.9 Å². The van der Waals surface area contributed by atoms with E-state index >= 15 is 0 Å². The van der Waals surface area contributed by atoms with Crippen molar-refractivity contribution in [1.29, 1.82) is 0 Å². The molecule has 0 heterocycles. The second kappa shape index (κ2) is 6.07. The molecule has 2 nitrogen and oxygen atoms in total. The number of benzene rings is 1. The molecule has 0 bridgehead atoms. The van der Waals surface area contributed by atoms with Crippen molar-refractivity contribution in [2.24, 2.45) is 11.8 Å². The van der Waals surface area contributed by atoms with Crippen LogP contribution in [0.2, 0.25) is 0 Å². The van der Waals surface area contributed by atoms with Gasteiger partial charge in [0.2, 0.25) is 0 Å². The summed E-state index contributed by atoms with van der Waals surface area (Å²) < 4.78 is 6.60. The normalized spacial score (nSPS) is 18.4. The molecule has 100 valence electrons. The predicted octanol–water partition coefficient (Wildman–Crippen LogP) is 4.15. The molecule has 2 rings (SSSR count). The molecule has 3 heteroatoms. The van der Waals surface area contributed by atoms with E-state index < -0.39 is 0 Å². The number of halogens is 1. The second-order valence-corrected chi connectivity index (χ2v) is 5.94. The summed E-state index contributed by atoms with van der Waals surface area (Å²) in [7, 11) is 2.05. The molecule has 0 aliphatic heterocycles. The van der Waals surface area contributed by atoms with Crippen molar-refractivity contribution in [2.75, 3.05) is 13.7 Å².